The van der Waals surface area contributed by atoms with E-state index < -0.39 is 6.04 Å². The van der Waals surface area contributed by atoms with Crippen molar-refractivity contribution in [2.75, 3.05) is 4.90 Å². The molecule has 1 saturated carbocycles. The van der Waals surface area contributed by atoms with E-state index in [0.717, 1.165) is 36.9 Å². The summed E-state index contributed by atoms with van der Waals surface area (Å²) in [5.41, 5.74) is 2.05. The zero-order chi connectivity index (χ0) is 14.1. The number of hydrogen-bond donors (Lipinski definition) is 1. The number of nitrogens with zero attached hydrogens (tertiary/aromatic N) is 1. The summed E-state index contributed by atoms with van der Waals surface area (Å²) in [6.07, 6.45) is 4.38. The molecule has 0 spiro atoms. The summed E-state index contributed by atoms with van der Waals surface area (Å²) in [7, 11) is 0. The fourth-order valence-electron chi connectivity index (χ4n) is 2.73. The van der Waals surface area contributed by atoms with E-state index in [1.165, 1.54) is 0 Å². The van der Waals surface area contributed by atoms with Gasteiger partial charge in [-0.05, 0) is 44.2 Å². The Kier molecular flexibility index (Phi) is 3.47. The molecule has 1 aromatic carbocycles. The summed E-state index contributed by atoms with van der Waals surface area (Å²) in [4.78, 5) is 26.3. The molecule has 1 aromatic rings. The SMILES string of the molecule is CC(C(=O)NC1CC1)N1C(=O)CCCc2ccccc21. The van der Waals surface area contributed by atoms with Crippen LogP contribution < -0.4 is 10.2 Å². The molecule has 106 valence electrons. The van der Waals surface area contributed by atoms with Crippen LogP contribution in [0.2, 0.25) is 0 Å². The highest BCUT2D eigenvalue weighted by atomic mass is 16.2. The number of benzene rings is 1. The number of hydrogen-bond acceptors (Lipinski definition) is 2. The van der Waals surface area contributed by atoms with Crippen LogP contribution in [0, 0.1) is 0 Å². The molecule has 0 aromatic heterocycles. The van der Waals surface area contributed by atoms with Gasteiger partial charge < -0.3 is 5.32 Å². The minimum atomic E-state index is -0.442. The number of amides is 2. The Hall–Kier alpha value is -1.84. The fourth-order valence-corrected chi connectivity index (χ4v) is 2.73. The van der Waals surface area contributed by atoms with Crippen LogP contribution in [0.5, 0.6) is 0 Å². The van der Waals surface area contributed by atoms with Crippen LogP contribution in [0.3, 0.4) is 0 Å². The molecule has 1 heterocycles. The Morgan fingerprint density at radius 2 is 2.05 bits per heavy atom. The second-order valence-corrected chi connectivity index (χ2v) is 5.70. The lowest BCUT2D eigenvalue weighted by atomic mass is 10.1. The summed E-state index contributed by atoms with van der Waals surface area (Å²) < 4.78 is 0. The quantitative estimate of drug-likeness (QED) is 0.915. The summed E-state index contributed by atoms with van der Waals surface area (Å²) in [6.45, 7) is 1.82. The average Bonchev–Trinajstić information content (AvgIpc) is 3.25. The fraction of sp³-hybridized carbons (Fsp3) is 0.500. The zero-order valence-electron chi connectivity index (χ0n) is 11.8. The van der Waals surface area contributed by atoms with Crippen molar-refractivity contribution in [3.05, 3.63) is 29.8 Å². The molecule has 20 heavy (non-hydrogen) atoms. The van der Waals surface area contributed by atoms with E-state index in [-0.39, 0.29) is 11.8 Å². The minimum Gasteiger partial charge on any atom is -0.352 e. The van der Waals surface area contributed by atoms with Crippen molar-refractivity contribution in [3.63, 3.8) is 0 Å². The van der Waals surface area contributed by atoms with Crippen molar-refractivity contribution < 1.29 is 9.59 Å². The Morgan fingerprint density at radius 1 is 1.30 bits per heavy atom. The highest BCUT2D eigenvalue weighted by Crippen LogP contribution is 2.29. The molecular formula is C16H20N2O2. The lowest BCUT2D eigenvalue weighted by molar-refractivity contribution is -0.126. The molecule has 1 aliphatic carbocycles. The van der Waals surface area contributed by atoms with Crippen molar-refractivity contribution in [2.24, 2.45) is 0 Å². The lowest BCUT2D eigenvalue weighted by Crippen LogP contribution is -2.48. The van der Waals surface area contributed by atoms with Crippen molar-refractivity contribution in [2.45, 2.75) is 51.1 Å². The highest BCUT2D eigenvalue weighted by Gasteiger charge is 2.33. The van der Waals surface area contributed by atoms with Crippen LogP contribution >= 0.6 is 0 Å². The lowest BCUT2D eigenvalue weighted by Gasteiger charge is -2.28. The van der Waals surface area contributed by atoms with Crippen molar-refractivity contribution in [1.29, 1.82) is 0 Å². The van der Waals surface area contributed by atoms with Gasteiger partial charge in [0.1, 0.15) is 6.04 Å². The van der Waals surface area contributed by atoms with Gasteiger partial charge in [-0.1, -0.05) is 18.2 Å². The molecular weight excluding hydrogens is 252 g/mol. The molecule has 0 radical (unpaired) electrons. The van der Waals surface area contributed by atoms with E-state index in [1.807, 2.05) is 31.2 Å². The molecule has 3 rings (SSSR count). The summed E-state index contributed by atoms with van der Waals surface area (Å²) in [5, 5.41) is 2.99. The molecule has 0 saturated heterocycles. The van der Waals surface area contributed by atoms with Crippen LogP contribution in [-0.2, 0) is 16.0 Å². The van der Waals surface area contributed by atoms with Crippen LogP contribution in [0.1, 0.15) is 38.2 Å². The molecule has 2 amide bonds. The largest absolute Gasteiger partial charge is 0.352 e. The third-order valence-corrected chi connectivity index (χ3v) is 4.05. The normalized spacial score (nSPS) is 20.1. The van der Waals surface area contributed by atoms with Gasteiger partial charge in [-0.3, -0.25) is 14.5 Å². The van der Waals surface area contributed by atoms with Crippen molar-refractivity contribution in [3.8, 4) is 0 Å². The first-order chi connectivity index (χ1) is 9.66. The Morgan fingerprint density at radius 3 is 2.80 bits per heavy atom. The van der Waals surface area contributed by atoms with Gasteiger partial charge in [-0.15, -0.1) is 0 Å². The molecule has 0 bridgehead atoms. The van der Waals surface area contributed by atoms with Crippen LogP contribution in [0.25, 0.3) is 0 Å². The molecule has 4 heteroatoms. The Bertz CT molecular complexity index is 537. The molecule has 1 atom stereocenters. The van der Waals surface area contributed by atoms with Crippen molar-refractivity contribution >= 4 is 17.5 Å². The molecule has 1 fully saturated rings. The second-order valence-electron chi connectivity index (χ2n) is 5.70. The van der Waals surface area contributed by atoms with Crippen LogP contribution in [-0.4, -0.2) is 23.9 Å². The standard InChI is InChI=1S/C16H20N2O2/c1-11(16(20)17-13-9-10-13)18-14-7-3-2-5-12(14)6-4-8-15(18)19/h2-3,5,7,11,13H,4,6,8-10H2,1H3,(H,17,20). The highest BCUT2D eigenvalue weighted by molar-refractivity contribution is 6.01. The predicted octanol–water partition coefficient (Wildman–Crippen LogP) is 2.02. The summed E-state index contributed by atoms with van der Waals surface area (Å²) in [6, 6.07) is 7.79. The Balaban J connectivity index is 1.88. The van der Waals surface area contributed by atoms with Crippen LogP contribution in [0.4, 0.5) is 5.69 Å². The van der Waals surface area contributed by atoms with Crippen molar-refractivity contribution in [1.82, 2.24) is 5.32 Å². The number of carbonyl (C=O) groups is 2. The maximum absolute atomic E-state index is 12.4. The van der Waals surface area contributed by atoms with E-state index in [4.69, 9.17) is 0 Å². The number of carbonyl (C=O) groups excluding carboxylic acids is 2. The number of anilines is 1. The van der Waals surface area contributed by atoms with E-state index in [1.54, 1.807) is 4.90 Å². The zero-order valence-corrected chi connectivity index (χ0v) is 11.8. The van der Waals surface area contributed by atoms with Gasteiger partial charge in [-0.25, -0.2) is 0 Å². The predicted molar refractivity (Wildman–Crippen MR) is 77.5 cm³/mol. The van der Waals surface area contributed by atoms with Gasteiger partial charge in [0.15, 0.2) is 0 Å². The van der Waals surface area contributed by atoms with E-state index in [2.05, 4.69) is 5.32 Å². The summed E-state index contributed by atoms with van der Waals surface area (Å²) in [5.74, 6) is 0.00551. The molecule has 1 unspecified atom stereocenters. The number of para-hydroxylation sites is 1. The average molecular weight is 272 g/mol. The van der Waals surface area contributed by atoms with Gasteiger partial charge in [-0.2, -0.15) is 0 Å². The second kappa shape index (κ2) is 5.27. The smallest absolute Gasteiger partial charge is 0.243 e. The number of nitrogens with one attached hydrogen (secondary N) is 1. The number of rotatable bonds is 3. The molecule has 1 aliphatic heterocycles. The maximum atomic E-state index is 12.4. The van der Waals surface area contributed by atoms with Crippen LogP contribution in [0.15, 0.2) is 24.3 Å². The number of fused-ring (bicyclic) bond motifs is 1. The third kappa shape index (κ3) is 2.55. The van der Waals surface area contributed by atoms with Gasteiger partial charge >= 0.3 is 0 Å². The van der Waals surface area contributed by atoms with E-state index >= 15 is 0 Å². The first-order valence-electron chi connectivity index (χ1n) is 7.37. The topological polar surface area (TPSA) is 49.4 Å². The first kappa shape index (κ1) is 13.2. The summed E-state index contributed by atoms with van der Waals surface area (Å²) >= 11 is 0. The third-order valence-electron chi connectivity index (χ3n) is 4.05. The number of aryl methyl sites for hydroxylation is 1. The maximum Gasteiger partial charge on any atom is 0.243 e. The van der Waals surface area contributed by atoms with E-state index in [9.17, 15) is 9.59 Å². The minimum absolute atomic E-state index is 0.0439. The van der Waals surface area contributed by atoms with Gasteiger partial charge in [0.25, 0.3) is 0 Å². The molecule has 1 N–H and O–H groups in total. The molecule has 4 nitrogen and oxygen atoms in total. The monoisotopic (exact) mass is 272 g/mol. The van der Waals surface area contributed by atoms with E-state index in [0.29, 0.717) is 12.5 Å². The Labute approximate surface area is 119 Å². The van der Waals surface area contributed by atoms with Gasteiger partial charge in [0, 0.05) is 18.2 Å². The first-order valence-corrected chi connectivity index (χ1v) is 7.37. The van der Waals surface area contributed by atoms with Gasteiger partial charge in [0.2, 0.25) is 11.8 Å². The van der Waals surface area contributed by atoms with Gasteiger partial charge in [0.05, 0.1) is 0 Å². The molecule has 2 aliphatic rings.